The molecule has 48 valence electrons. The monoisotopic (exact) mass is 146 g/mol. The maximum Gasteiger partial charge on any atom is 0.0537 e. The Morgan fingerprint density at radius 2 is 2.20 bits per heavy atom. The van der Waals surface area contributed by atoms with Crippen molar-refractivity contribution in [1.82, 2.24) is 0 Å². The molecule has 0 spiro atoms. The Kier molecular flexibility index (Phi) is 1.24. The van der Waals surface area contributed by atoms with Crippen molar-refractivity contribution in [3.05, 3.63) is 34.5 Å². The maximum absolute atomic E-state index is 3.17. The van der Waals surface area contributed by atoms with E-state index in [1.807, 2.05) is 0 Å². The van der Waals surface area contributed by atoms with Crippen LogP contribution in [-0.4, -0.2) is 0 Å². The summed E-state index contributed by atoms with van der Waals surface area (Å²) in [6.07, 6.45) is 0. The van der Waals surface area contributed by atoms with Gasteiger partial charge in [0.25, 0.3) is 0 Å². The van der Waals surface area contributed by atoms with Gasteiger partial charge in [0.2, 0.25) is 0 Å². The topological polar surface area (TPSA) is 0 Å². The molecule has 0 saturated heterocycles. The number of rotatable bonds is 0. The minimum Gasteiger partial charge on any atom is -0.132 e. The second-order valence-corrected chi connectivity index (χ2v) is 2.92. The van der Waals surface area contributed by atoms with Crippen LogP contribution in [0.5, 0.6) is 0 Å². The van der Waals surface area contributed by atoms with Gasteiger partial charge in [0.1, 0.15) is 0 Å². The van der Waals surface area contributed by atoms with Gasteiger partial charge in [-0.15, -0.1) is 11.3 Å². The van der Waals surface area contributed by atoms with E-state index < -0.39 is 0 Å². The number of benzene rings is 1. The fourth-order valence-electron chi connectivity index (χ4n) is 1.02. The molecule has 0 atom stereocenters. The van der Waals surface area contributed by atoms with Gasteiger partial charge in [0.15, 0.2) is 0 Å². The molecule has 0 amide bonds. The minimum atomic E-state index is 1.19. The van der Waals surface area contributed by atoms with Crippen molar-refractivity contribution >= 4 is 22.1 Å². The average molecular weight is 146 g/mol. The van der Waals surface area contributed by atoms with E-state index in [0.717, 1.165) is 0 Å². The molecule has 10 heavy (non-hydrogen) atoms. The molecule has 0 saturated carbocycles. The molecular formula is C9H6S. The van der Waals surface area contributed by atoms with E-state index in [4.69, 9.17) is 0 Å². The van der Waals surface area contributed by atoms with Gasteiger partial charge in [-0.25, -0.2) is 0 Å². The van der Waals surface area contributed by atoms with E-state index in [1.54, 1.807) is 0 Å². The molecule has 1 aromatic carbocycles. The van der Waals surface area contributed by atoms with Gasteiger partial charge in [0.05, 0.1) is 10.8 Å². The molecule has 0 nitrogen and oxygen atoms in total. The first kappa shape index (κ1) is 5.93. The van der Waals surface area contributed by atoms with Crippen LogP contribution in [0.25, 0.3) is 10.8 Å². The van der Waals surface area contributed by atoms with Gasteiger partial charge in [0, 0.05) is 10.8 Å². The van der Waals surface area contributed by atoms with Crippen LogP contribution in [0.1, 0.15) is 5.56 Å². The highest BCUT2D eigenvalue weighted by Crippen LogP contribution is 2.20. The Morgan fingerprint density at radius 1 is 1.30 bits per heavy atom. The molecule has 0 bridgehead atoms. The molecular weight excluding hydrogens is 140 g/mol. The first-order valence-corrected chi connectivity index (χ1v) is 3.97. The molecule has 0 unspecified atom stereocenters. The van der Waals surface area contributed by atoms with E-state index in [9.17, 15) is 0 Å². The molecule has 0 aliphatic heterocycles. The van der Waals surface area contributed by atoms with Crippen LogP contribution in [0.4, 0.5) is 0 Å². The Morgan fingerprint density at radius 3 is 3.00 bits per heavy atom. The Hall–Kier alpha value is -0.820. The third-order valence-electron chi connectivity index (χ3n) is 1.59. The zero-order chi connectivity index (χ0) is 6.97. The fraction of sp³-hybridized carbons (Fsp3) is 0.111. The van der Waals surface area contributed by atoms with Crippen LogP contribution in [0.3, 0.4) is 0 Å². The molecule has 2 aromatic rings. The highest BCUT2D eigenvalue weighted by atomic mass is 32.1. The van der Waals surface area contributed by atoms with Gasteiger partial charge in [-0.3, -0.25) is 0 Å². The summed E-state index contributed by atoms with van der Waals surface area (Å²) in [5.41, 5.74) is 1.29. The third-order valence-corrected chi connectivity index (χ3v) is 2.22. The quantitative estimate of drug-likeness (QED) is 0.536. The highest BCUT2D eigenvalue weighted by Gasteiger charge is 1.95. The number of hydrogen-bond donors (Lipinski definition) is 0. The standard InChI is InChI=1S/C9H6S/c1-7-3-2-4-8-5-10-6-9(7)8/h2-4H,1H3. The van der Waals surface area contributed by atoms with Gasteiger partial charge < -0.3 is 0 Å². The Bertz CT molecular complexity index is 346. The first-order chi connectivity index (χ1) is 4.88. The lowest BCUT2D eigenvalue weighted by atomic mass is 10.1. The second-order valence-electron chi connectivity index (χ2n) is 2.30. The van der Waals surface area contributed by atoms with Crippen molar-refractivity contribution in [2.75, 3.05) is 0 Å². The molecule has 2 rings (SSSR count). The SMILES string of the molecule is Cc1cccc2[c]s[c]c12. The summed E-state index contributed by atoms with van der Waals surface area (Å²) >= 11 is 1.52. The van der Waals surface area contributed by atoms with Crippen molar-refractivity contribution < 1.29 is 0 Å². The Labute approximate surface area is 64.1 Å². The number of thiophene rings is 1. The molecule has 0 aliphatic carbocycles. The average Bonchev–Trinajstić information content (AvgIpc) is 2.36. The first-order valence-electron chi connectivity index (χ1n) is 3.15. The van der Waals surface area contributed by atoms with E-state index in [1.165, 1.54) is 27.7 Å². The van der Waals surface area contributed by atoms with Crippen molar-refractivity contribution in [2.45, 2.75) is 6.92 Å². The van der Waals surface area contributed by atoms with Gasteiger partial charge in [-0.05, 0) is 12.5 Å². The van der Waals surface area contributed by atoms with Crippen LogP contribution < -0.4 is 0 Å². The summed E-state index contributed by atoms with van der Waals surface area (Å²) < 4.78 is 0. The van der Waals surface area contributed by atoms with Crippen molar-refractivity contribution in [3.63, 3.8) is 0 Å². The number of hydrogen-bond acceptors (Lipinski definition) is 1. The molecule has 2 radical (unpaired) electrons. The second kappa shape index (κ2) is 2.10. The van der Waals surface area contributed by atoms with Crippen molar-refractivity contribution in [3.8, 4) is 0 Å². The normalized spacial score (nSPS) is 10.5. The Balaban J connectivity index is 2.95. The predicted molar refractivity (Wildman–Crippen MR) is 44.2 cm³/mol. The van der Waals surface area contributed by atoms with E-state index in [0.29, 0.717) is 0 Å². The summed E-state index contributed by atoms with van der Waals surface area (Å²) in [7, 11) is 0. The lowest BCUT2D eigenvalue weighted by Crippen LogP contribution is -1.69. The van der Waals surface area contributed by atoms with E-state index in [-0.39, 0.29) is 0 Å². The highest BCUT2D eigenvalue weighted by molar-refractivity contribution is 7.08. The molecule has 1 heterocycles. The summed E-state index contributed by atoms with van der Waals surface area (Å²) in [4.78, 5) is 0. The smallest absolute Gasteiger partial charge is 0.0537 e. The van der Waals surface area contributed by atoms with Crippen molar-refractivity contribution in [1.29, 1.82) is 0 Å². The number of fused-ring (bicyclic) bond motifs is 1. The molecule has 0 fully saturated rings. The molecule has 1 heteroatoms. The minimum absolute atomic E-state index is 1.19. The molecule has 1 aromatic heterocycles. The lowest BCUT2D eigenvalue weighted by molar-refractivity contribution is 1.55. The van der Waals surface area contributed by atoms with Gasteiger partial charge in [-0.2, -0.15) is 0 Å². The van der Waals surface area contributed by atoms with Crippen LogP contribution in [0.2, 0.25) is 0 Å². The van der Waals surface area contributed by atoms with Gasteiger partial charge in [-0.1, -0.05) is 18.2 Å². The summed E-state index contributed by atoms with van der Waals surface area (Å²) in [6, 6.07) is 6.21. The van der Waals surface area contributed by atoms with Crippen LogP contribution >= 0.6 is 11.3 Å². The zero-order valence-electron chi connectivity index (χ0n) is 5.64. The summed E-state index contributed by atoms with van der Waals surface area (Å²) in [6.45, 7) is 2.10. The lowest BCUT2D eigenvalue weighted by Gasteiger charge is -1.91. The van der Waals surface area contributed by atoms with Gasteiger partial charge >= 0.3 is 0 Å². The molecule has 0 aliphatic rings. The van der Waals surface area contributed by atoms with E-state index in [2.05, 4.69) is 35.9 Å². The largest absolute Gasteiger partial charge is 0.132 e. The maximum atomic E-state index is 3.17. The van der Waals surface area contributed by atoms with Crippen LogP contribution in [0.15, 0.2) is 18.2 Å². The summed E-state index contributed by atoms with van der Waals surface area (Å²) in [5, 5.41) is 8.72. The molecule has 0 N–H and O–H groups in total. The van der Waals surface area contributed by atoms with Crippen LogP contribution in [0, 0.1) is 17.7 Å². The van der Waals surface area contributed by atoms with Crippen LogP contribution in [-0.2, 0) is 0 Å². The summed E-state index contributed by atoms with van der Waals surface area (Å²) in [5.74, 6) is 0. The third kappa shape index (κ3) is 0.745. The zero-order valence-corrected chi connectivity index (χ0v) is 6.46. The number of aryl methyl sites for hydroxylation is 1. The predicted octanol–water partition coefficient (Wildman–Crippen LogP) is 2.81. The van der Waals surface area contributed by atoms with E-state index >= 15 is 0 Å². The van der Waals surface area contributed by atoms with Crippen molar-refractivity contribution in [2.24, 2.45) is 0 Å². The fourth-order valence-corrected chi connectivity index (χ4v) is 1.72.